The molecular formula is C27H35N5O6. The van der Waals surface area contributed by atoms with E-state index in [0.717, 1.165) is 5.56 Å². The third-order valence-electron chi connectivity index (χ3n) is 8.36. The summed E-state index contributed by atoms with van der Waals surface area (Å²) in [6, 6.07) is 9.54. The Kier molecular flexibility index (Phi) is 7.60. The van der Waals surface area contributed by atoms with Crippen molar-refractivity contribution in [2.75, 3.05) is 13.2 Å². The molecule has 1 aliphatic heterocycles. The zero-order valence-electron chi connectivity index (χ0n) is 21.6. The number of rotatable bonds is 8. The van der Waals surface area contributed by atoms with Gasteiger partial charge in [-0.2, -0.15) is 0 Å². The maximum atomic E-state index is 13.0. The molecule has 3 fully saturated rings. The van der Waals surface area contributed by atoms with Crippen molar-refractivity contribution in [3.63, 3.8) is 0 Å². The van der Waals surface area contributed by atoms with Crippen molar-refractivity contribution in [1.29, 1.82) is 0 Å². The highest BCUT2D eigenvalue weighted by Gasteiger charge is 2.59. The molecule has 0 radical (unpaired) electrons. The van der Waals surface area contributed by atoms with E-state index in [9.17, 15) is 24.9 Å². The summed E-state index contributed by atoms with van der Waals surface area (Å²) in [4.78, 5) is 32.9. The zero-order chi connectivity index (χ0) is 27.0. The largest absolute Gasteiger partial charge is 0.394 e. The van der Waals surface area contributed by atoms with Crippen LogP contribution in [-0.4, -0.2) is 78.1 Å². The Bertz CT molecular complexity index is 1190. The molecule has 1 aromatic heterocycles. The topological polar surface area (TPSA) is 150 Å². The number of imide groups is 1. The second-order valence-corrected chi connectivity index (χ2v) is 10.6. The van der Waals surface area contributed by atoms with Crippen molar-refractivity contribution >= 4 is 17.5 Å². The van der Waals surface area contributed by atoms with E-state index in [0.29, 0.717) is 37.2 Å². The van der Waals surface area contributed by atoms with E-state index in [-0.39, 0.29) is 36.8 Å². The van der Waals surface area contributed by atoms with Gasteiger partial charge in [-0.1, -0.05) is 40.7 Å². The number of aliphatic hydroxyl groups is 3. The smallest absolute Gasteiger partial charge is 0.233 e. The van der Waals surface area contributed by atoms with Crippen LogP contribution in [0.5, 0.6) is 0 Å². The summed E-state index contributed by atoms with van der Waals surface area (Å²) >= 11 is 0. The number of oxime groups is 1. The highest BCUT2D eigenvalue weighted by Crippen LogP contribution is 2.49. The molecule has 38 heavy (non-hydrogen) atoms. The molecule has 0 unspecified atom stereocenters. The van der Waals surface area contributed by atoms with Gasteiger partial charge in [-0.25, -0.2) is 4.68 Å². The SMILES string of the molecule is CCN1C(=O)[C@@H]2[C@H]3[C@H](O)[C@H](O)CC(=NO[C@@H](C)c4cn([C@H](CO)Cc5ccccc5)nn4)[C@@H]3CC[C@H]2C1=O. The number of nitrogens with zero attached hydrogens (tertiary/aromatic N) is 5. The molecule has 11 heteroatoms. The molecule has 2 aromatic rings. The summed E-state index contributed by atoms with van der Waals surface area (Å²) < 4.78 is 1.62. The van der Waals surface area contributed by atoms with E-state index < -0.39 is 36.1 Å². The van der Waals surface area contributed by atoms with Crippen molar-refractivity contribution in [1.82, 2.24) is 19.9 Å². The zero-order valence-corrected chi connectivity index (χ0v) is 21.6. The molecular weight excluding hydrogens is 490 g/mol. The number of fused-ring (bicyclic) bond motifs is 3. The Labute approximate surface area is 221 Å². The molecule has 204 valence electrons. The monoisotopic (exact) mass is 525 g/mol. The lowest BCUT2D eigenvalue weighted by atomic mass is 9.60. The van der Waals surface area contributed by atoms with Crippen molar-refractivity contribution in [2.24, 2.45) is 28.8 Å². The van der Waals surface area contributed by atoms with Crippen LogP contribution in [0.1, 0.15) is 56.5 Å². The normalized spacial score (nSPS) is 31.7. The molecule has 3 N–H and O–H groups in total. The van der Waals surface area contributed by atoms with Gasteiger partial charge in [0.15, 0.2) is 6.10 Å². The number of hydrogen-bond donors (Lipinski definition) is 3. The van der Waals surface area contributed by atoms with Crippen molar-refractivity contribution < 1.29 is 29.7 Å². The Morgan fingerprint density at radius 3 is 2.58 bits per heavy atom. The number of carbonyl (C=O) groups excluding carboxylic acids is 2. The molecule has 0 bridgehead atoms. The van der Waals surface area contributed by atoms with Gasteiger partial charge in [0.1, 0.15) is 5.69 Å². The number of amides is 2. The van der Waals surface area contributed by atoms with Gasteiger partial charge in [0.05, 0.1) is 48.6 Å². The van der Waals surface area contributed by atoms with Gasteiger partial charge in [-0.15, -0.1) is 5.10 Å². The molecule has 2 aliphatic carbocycles. The van der Waals surface area contributed by atoms with Gasteiger partial charge in [-0.3, -0.25) is 14.5 Å². The number of benzene rings is 1. The van der Waals surface area contributed by atoms with Gasteiger partial charge >= 0.3 is 0 Å². The molecule has 3 aliphatic rings. The number of aliphatic hydroxyl groups excluding tert-OH is 3. The molecule has 2 amide bonds. The first-order chi connectivity index (χ1) is 18.3. The quantitative estimate of drug-likeness (QED) is 0.344. The van der Waals surface area contributed by atoms with Crippen LogP contribution in [0.25, 0.3) is 0 Å². The summed E-state index contributed by atoms with van der Waals surface area (Å²) in [6.07, 6.45) is 0.788. The van der Waals surface area contributed by atoms with Crippen molar-refractivity contribution in [2.45, 2.75) is 63.9 Å². The Balaban J connectivity index is 1.30. The minimum absolute atomic E-state index is 0.0998. The minimum Gasteiger partial charge on any atom is -0.394 e. The first-order valence-electron chi connectivity index (χ1n) is 13.3. The van der Waals surface area contributed by atoms with Crippen LogP contribution in [0.3, 0.4) is 0 Å². The lowest BCUT2D eigenvalue weighted by Crippen LogP contribution is -2.54. The Morgan fingerprint density at radius 2 is 1.87 bits per heavy atom. The van der Waals surface area contributed by atoms with E-state index >= 15 is 0 Å². The van der Waals surface area contributed by atoms with E-state index in [4.69, 9.17) is 4.84 Å². The fraction of sp³-hybridized carbons (Fsp3) is 0.593. The van der Waals surface area contributed by atoms with Gasteiger partial charge in [-0.05, 0) is 38.7 Å². The molecule has 0 spiro atoms. The van der Waals surface area contributed by atoms with Crippen LogP contribution in [0, 0.1) is 23.7 Å². The van der Waals surface area contributed by atoms with Crippen LogP contribution in [0.4, 0.5) is 0 Å². The van der Waals surface area contributed by atoms with Crippen molar-refractivity contribution in [3.8, 4) is 0 Å². The second kappa shape index (κ2) is 10.9. The summed E-state index contributed by atoms with van der Waals surface area (Å²) in [5.41, 5.74) is 2.19. The molecule has 1 aromatic carbocycles. The van der Waals surface area contributed by atoms with E-state index in [1.807, 2.05) is 30.3 Å². The summed E-state index contributed by atoms with van der Waals surface area (Å²) in [5, 5.41) is 44.2. The van der Waals surface area contributed by atoms with Gasteiger partial charge in [0, 0.05) is 24.8 Å². The highest BCUT2D eigenvalue weighted by atomic mass is 16.6. The number of hydrogen-bond acceptors (Lipinski definition) is 9. The van der Waals surface area contributed by atoms with Crippen LogP contribution in [-0.2, 0) is 20.8 Å². The van der Waals surface area contributed by atoms with Crippen LogP contribution in [0.2, 0.25) is 0 Å². The van der Waals surface area contributed by atoms with E-state index in [1.54, 1.807) is 24.7 Å². The maximum Gasteiger partial charge on any atom is 0.233 e. The molecule has 1 saturated heterocycles. The van der Waals surface area contributed by atoms with Gasteiger partial charge < -0.3 is 20.2 Å². The predicted octanol–water partition coefficient (Wildman–Crippen LogP) is 1.26. The van der Waals surface area contributed by atoms with E-state index in [2.05, 4.69) is 15.5 Å². The third-order valence-corrected chi connectivity index (χ3v) is 8.36. The lowest BCUT2D eigenvalue weighted by molar-refractivity contribution is -0.141. The predicted molar refractivity (Wildman–Crippen MR) is 135 cm³/mol. The second-order valence-electron chi connectivity index (χ2n) is 10.6. The first kappa shape index (κ1) is 26.5. The fourth-order valence-electron chi connectivity index (χ4n) is 6.33. The lowest BCUT2D eigenvalue weighted by Gasteiger charge is -2.45. The molecule has 2 heterocycles. The molecule has 8 atom stereocenters. The van der Waals surface area contributed by atoms with Crippen molar-refractivity contribution in [3.05, 3.63) is 47.8 Å². The molecule has 2 saturated carbocycles. The summed E-state index contributed by atoms with van der Waals surface area (Å²) in [5.74, 6) is -2.44. The van der Waals surface area contributed by atoms with Gasteiger partial charge in [0.25, 0.3) is 0 Å². The Morgan fingerprint density at radius 1 is 1.13 bits per heavy atom. The first-order valence-corrected chi connectivity index (χ1v) is 13.3. The molecule has 11 nitrogen and oxygen atoms in total. The average molecular weight is 526 g/mol. The van der Waals surface area contributed by atoms with Crippen LogP contribution < -0.4 is 0 Å². The van der Waals surface area contributed by atoms with Crippen LogP contribution >= 0.6 is 0 Å². The molecule has 5 rings (SSSR count). The number of carbonyl (C=O) groups is 2. The summed E-state index contributed by atoms with van der Waals surface area (Å²) in [7, 11) is 0. The number of aromatic nitrogens is 3. The van der Waals surface area contributed by atoms with Gasteiger partial charge in [0.2, 0.25) is 11.8 Å². The Hall–Kier alpha value is -3.15. The third kappa shape index (κ3) is 4.74. The van der Waals surface area contributed by atoms with E-state index in [1.165, 1.54) is 4.90 Å². The number of likely N-dealkylation sites (tertiary alicyclic amines) is 1. The maximum absolute atomic E-state index is 13.0. The van der Waals surface area contributed by atoms with Crippen LogP contribution in [0.15, 0.2) is 41.7 Å². The minimum atomic E-state index is -1.11. The highest BCUT2D eigenvalue weighted by molar-refractivity contribution is 6.06. The fourth-order valence-corrected chi connectivity index (χ4v) is 6.33. The standard InChI is InChI=1S/C27H35N5O6/c1-3-31-26(36)19-10-9-18-20(12-22(34)25(35)23(18)24(19)27(31)37)29-38-15(2)21-13-32(30-28-21)17(14-33)11-16-7-5-4-6-8-16/h4-8,13,15,17-19,22-25,33-35H,3,9-12,14H2,1-2H3/t15-,17-,18-,19+,22+,23-,24-,25+/m0/s1. The summed E-state index contributed by atoms with van der Waals surface area (Å²) in [6.45, 7) is 3.74. The average Bonchev–Trinajstić information content (AvgIpc) is 3.51.